The normalized spacial score (nSPS) is 13.3. The number of hydrogen-bond donors (Lipinski definition) is 2. The van der Waals surface area contributed by atoms with Crippen molar-refractivity contribution in [1.82, 2.24) is 0 Å². The Hall–Kier alpha value is -3.09. The lowest BCUT2D eigenvalue weighted by atomic mass is 9.93. The third-order valence-electron chi connectivity index (χ3n) is 4.17. The molecule has 1 unspecified atom stereocenters. The second-order valence-electron chi connectivity index (χ2n) is 6.12. The Kier molecular flexibility index (Phi) is 5.82. The van der Waals surface area contributed by atoms with Crippen molar-refractivity contribution < 1.29 is 18.3 Å². The third-order valence-corrected chi connectivity index (χ3v) is 5.55. The third kappa shape index (κ3) is 4.42. The van der Waals surface area contributed by atoms with Crippen LogP contribution in [0, 0.1) is 6.07 Å². The van der Waals surface area contributed by atoms with Crippen LogP contribution >= 0.6 is 0 Å². The SMILES string of the molecule is C=CC(O)(COc1c[c]ccc1)c1ccccc1NS(=O)(=O)c1ccccc1. The van der Waals surface area contributed by atoms with Gasteiger partial charge in [-0.1, -0.05) is 61.2 Å². The zero-order valence-corrected chi connectivity index (χ0v) is 15.9. The monoisotopic (exact) mass is 394 g/mol. The fraction of sp³-hybridized carbons (Fsp3) is 0.0909. The van der Waals surface area contributed by atoms with Crippen molar-refractivity contribution >= 4 is 15.7 Å². The number of benzene rings is 3. The maximum atomic E-state index is 12.7. The first-order valence-electron chi connectivity index (χ1n) is 8.57. The molecule has 0 fully saturated rings. The van der Waals surface area contributed by atoms with Gasteiger partial charge in [-0.15, -0.1) is 0 Å². The molecule has 3 aromatic carbocycles. The lowest BCUT2D eigenvalue weighted by Gasteiger charge is -2.27. The largest absolute Gasteiger partial charge is 0.490 e. The first kappa shape index (κ1) is 19.7. The molecule has 143 valence electrons. The molecular weight excluding hydrogens is 374 g/mol. The topological polar surface area (TPSA) is 75.6 Å². The van der Waals surface area contributed by atoms with E-state index in [9.17, 15) is 13.5 Å². The number of hydrogen-bond acceptors (Lipinski definition) is 4. The van der Waals surface area contributed by atoms with Crippen LogP contribution in [0.15, 0.2) is 96.4 Å². The molecule has 0 aliphatic rings. The maximum absolute atomic E-state index is 12.7. The molecule has 0 aliphatic carbocycles. The summed E-state index contributed by atoms with van der Waals surface area (Å²) < 4.78 is 33.6. The van der Waals surface area contributed by atoms with Crippen molar-refractivity contribution in [1.29, 1.82) is 0 Å². The van der Waals surface area contributed by atoms with Crippen LogP contribution in [0.1, 0.15) is 5.56 Å². The van der Waals surface area contributed by atoms with Crippen LogP contribution in [0.2, 0.25) is 0 Å². The zero-order valence-electron chi connectivity index (χ0n) is 15.1. The summed E-state index contributed by atoms with van der Waals surface area (Å²) in [5, 5.41) is 11.1. The second-order valence-corrected chi connectivity index (χ2v) is 7.80. The average Bonchev–Trinajstić information content (AvgIpc) is 2.73. The maximum Gasteiger partial charge on any atom is 0.261 e. The summed E-state index contributed by atoms with van der Waals surface area (Å²) in [6.45, 7) is 3.56. The number of aliphatic hydroxyl groups is 1. The Bertz CT molecular complexity index is 1040. The van der Waals surface area contributed by atoms with Crippen LogP contribution in [-0.2, 0) is 15.6 Å². The summed E-state index contributed by atoms with van der Waals surface area (Å²) >= 11 is 0. The Balaban J connectivity index is 1.90. The number of anilines is 1. The standard InChI is InChI=1S/C22H20NO4S/c1-2-22(24,17-27-18-11-5-3-6-12-18)20-15-9-10-16-21(20)23-28(25,26)19-13-7-4-8-14-19/h2-5,7-16,23-24H,1,17H2. The fourth-order valence-electron chi connectivity index (χ4n) is 2.66. The van der Waals surface area contributed by atoms with Gasteiger partial charge in [0.1, 0.15) is 18.0 Å². The first-order chi connectivity index (χ1) is 13.4. The molecule has 3 aromatic rings. The van der Waals surface area contributed by atoms with Crippen molar-refractivity contribution in [2.45, 2.75) is 10.5 Å². The van der Waals surface area contributed by atoms with Crippen LogP contribution in [0.25, 0.3) is 0 Å². The van der Waals surface area contributed by atoms with Gasteiger partial charge in [-0.25, -0.2) is 8.42 Å². The van der Waals surface area contributed by atoms with Gasteiger partial charge in [0.15, 0.2) is 0 Å². The number of sulfonamides is 1. The highest BCUT2D eigenvalue weighted by atomic mass is 32.2. The Morgan fingerprint density at radius 1 is 1.07 bits per heavy atom. The van der Waals surface area contributed by atoms with E-state index in [1.165, 1.54) is 18.2 Å². The predicted octanol–water partition coefficient (Wildman–Crippen LogP) is 3.74. The van der Waals surface area contributed by atoms with E-state index in [-0.39, 0.29) is 17.2 Å². The molecule has 2 N–H and O–H groups in total. The molecule has 0 amide bonds. The predicted molar refractivity (Wildman–Crippen MR) is 109 cm³/mol. The summed E-state index contributed by atoms with van der Waals surface area (Å²) in [7, 11) is -3.81. The molecule has 1 radical (unpaired) electrons. The molecule has 0 saturated carbocycles. The van der Waals surface area contributed by atoms with Crippen LogP contribution in [0.3, 0.4) is 0 Å². The Morgan fingerprint density at radius 3 is 2.46 bits per heavy atom. The number of para-hydroxylation sites is 1. The van der Waals surface area contributed by atoms with E-state index in [4.69, 9.17) is 4.74 Å². The van der Waals surface area contributed by atoms with Gasteiger partial charge in [-0.05, 0) is 36.4 Å². The molecule has 1 atom stereocenters. The van der Waals surface area contributed by atoms with Gasteiger partial charge in [0.05, 0.1) is 10.6 Å². The molecular formula is C22H20NO4S. The minimum atomic E-state index is -3.81. The molecule has 0 aliphatic heterocycles. The van der Waals surface area contributed by atoms with Crippen LogP contribution in [0.4, 0.5) is 5.69 Å². The molecule has 5 nitrogen and oxygen atoms in total. The molecule has 0 bridgehead atoms. The van der Waals surface area contributed by atoms with Gasteiger partial charge in [0.2, 0.25) is 0 Å². The van der Waals surface area contributed by atoms with Crippen molar-refractivity contribution in [2.24, 2.45) is 0 Å². The molecule has 0 spiro atoms. The quantitative estimate of drug-likeness (QED) is 0.571. The summed E-state index contributed by atoms with van der Waals surface area (Å²) in [5.41, 5.74) is -1.02. The average molecular weight is 394 g/mol. The van der Waals surface area contributed by atoms with Gasteiger partial charge in [0.25, 0.3) is 10.0 Å². The fourth-order valence-corrected chi connectivity index (χ4v) is 3.76. The smallest absolute Gasteiger partial charge is 0.261 e. The number of nitrogens with one attached hydrogen (secondary N) is 1. The van der Waals surface area contributed by atoms with Crippen LogP contribution in [0.5, 0.6) is 5.75 Å². The molecule has 28 heavy (non-hydrogen) atoms. The highest BCUT2D eigenvalue weighted by molar-refractivity contribution is 7.92. The van der Waals surface area contributed by atoms with E-state index >= 15 is 0 Å². The van der Waals surface area contributed by atoms with Gasteiger partial charge in [-0.2, -0.15) is 0 Å². The Labute approximate surface area is 165 Å². The van der Waals surface area contributed by atoms with E-state index in [1.54, 1.807) is 66.7 Å². The van der Waals surface area contributed by atoms with Gasteiger partial charge in [-0.3, -0.25) is 4.72 Å². The van der Waals surface area contributed by atoms with Crippen molar-refractivity contribution in [3.05, 3.63) is 103 Å². The van der Waals surface area contributed by atoms with Crippen molar-refractivity contribution in [2.75, 3.05) is 11.3 Å². The van der Waals surface area contributed by atoms with Crippen LogP contribution < -0.4 is 9.46 Å². The molecule has 0 aromatic heterocycles. The lowest BCUT2D eigenvalue weighted by molar-refractivity contribution is 0.0357. The molecule has 6 heteroatoms. The minimum absolute atomic E-state index is 0.128. The summed E-state index contributed by atoms with van der Waals surface area (Å²) in [5.74, 6) is 0.533. The van der Waals surface area contributed by atoms with E-state index in [0.717, 1.165) is 0 Å². The van der Waals surface area contributed by atoms with Crippen molar-refractivity contribution in [3.8, 4) is 5.75 Å². The number of ether oxygens (including phenoxy) is 1. The summed E-state index contributed by atoms with van der Waals surface area (Å²) in [6, 6.07) is 24.4. The van der Waals surface area contributed by atoms with Gasteiger partial charge < -0.3 is 9.84 Å². The van der Waals surface area contributed by atoms with Gasteiger partial charge in [0, 0.05) is 5.56 Å². The lowest BCUT2D eigenvalue weighted by Crippen LogP contribution is -2.32. The highest BCUT2D eigenvalue weighted by Crippen LogP contribution is 2.31. The van der Waals surface area contributed by atoms with E-state index in [0.29, 0.717) is 11.3 Å². The minimum Gasteiger partial charge on any atom is -0.490 e. The van der Waals surface area contributed by atoms with Crippen molar-refractivity contribution in [3.63, 3.8) is 0 Å². The molecule has 0 heterocycles. The van der Waals surface area contributed by atoms with E-state index in [1.807, 2.05) is 0 Å². The molecule has 3 rings (SSSR count). The second kappa shape index (κ2) is 8.29. The highest BCUT2D eigenvalue weighted by Gasteiger charge is 2.30. The summed E-state index contributed by atoms with van der Waals surface area (Å²) in [6.07, 6.45) is 1.33. The Morgan fingerprint density at radius 2 is 1.79 bits per heavy atom. The van der Waals surface area contributed by atoms with E-state index in [2.05, 4.69) is 17.4 Å². The van der Waals surface area contributed by atoms with E-state index < -0.39 is 15.6 Å². The summed E-state index contributed by atoms with van der Waals surface area (Å²) in [4.78, 5) is 0.128. The van der Waals surface area contributed by atoms with Crippen LogP contribution in [-0.4, -0.2) is 20.1 Å². The zero-order chi connectivity index (χ0) is 20.0. The molecule has 0 saturated heterocycles. The first-order valence-corrected chi connectivity index (χ1v) is 10.1. The number of rotatable bonds is 8. The van der Waals surface area contributed by atoms with Gasteiger partial charge >= 0.3 is 0 Å².